The van der Waals surface area contributed by atoms with Crippen LogP contribution in [0.4, 0.5) is 10.2 Å². The highest BCUT2D eigenvalue weighted by Crippen LogP contribution is 2.28. The second-order valence-electron chi connectivity index (χ2n) is 7.39. The molecule has 1 fully saturated rings. The predicted octanol–water partition coefficient (Wildman–Crippen LogP) is 3.35. The molecule has 1 unspecified atom stereocenters. The van der Waals surface area contributed by atoms with Gasteiger partial charge in [-0.15, -0.1) is 0 Å². The van der Waals surface area contributed by atoms with Gasteiger partial charge in [-0.1, -0.05) is 13.8 Å². The molecule has 0 spiro atoms. The van der Waals surface area contributed by atoms with Gasteiger partial charge in [0.1, 0.15) is 11.6 Å². The highest BCUT2D eigenvalue weighted by molar-refractivity contribution is 5.55. The molecular formula is C21H32FN5. The average Bonchev–Trinajstić information content (AvgIpc) is 3.02. The van der Waals surface area contributed by atoms with E-state index in [9.17, 15) is 4.39 Å². The maximum atomic E-state index is 13.4. The molecule has 0 saturated carbocycles. The van der Waals surface area contributed by atoms with Gasteiger partial charge in [0.2, 0.25) is 0 Å². The smallest absolute Gasteiger partial charge is 0.137 e. The second kappa shape index (κ2) is 8.85. The van der Waals surface area contributed by atoms with E-state index in [1.807, 2.05) is 4.68 Å². The summed E-state index contributed by atoms with van der Waals surface area (Å²) in [6.45, 7) is 14.6. The SMILES string of the molecule is CCC(C)NCc1c(C)nn(-c2ccc(F)cc2)c1N1CCN(CC)CC1. The van der Waals surface area contributed by atoms with E-state index in [0.29, 0.717) is 6.04 Å². The van der Waals surface area contributed by atoms with Crippen molar-refractivity contribution >= 4 is 5.82 Å². The summed E-state index contributed by atoms with van der Waals surface area (Å²) in [5.41, 5.74) is 3.18. The topological polar surface area (TPSA) is 36.3 Å². The quantitative estimate of drug-likeness (QED) is 0.807. The molecule has 5 nitrogen and oxygen atoms in total. The zero-order valence-corrected chi connectivity index (χ0v) is 17.0. The number of aromatic nitrogens is 2. The van der Waals surface area contributed by atoms with E-state index in [0.717, 1.165) is 62.9 Å². The molecule has 1 aromatic carbocycles. The maximum Gasteiger partial charge on any atom is 0.137 e. The summed E-state index contributed by atoms with van der Waals surface area (Å²) in [4.78, 5) is 4.90. The van der Waals surface area contributed by atoms with Crippen LogP contribution in [0.15, 0.2) is 24.3 Å². The molecule has 6 heteroatoms. The molecule has 0 amide bonds. The molecule has 148 valence electrons. The van der Waals surface area contributed by atoms with Crippen molar-refractivity contribution in [2.45, 2.75) is 46.7 Å². The summed E-state index contributed by atoms with van der Waals surface area (Å²) in [5.74, 6) is 0.921. The summed E-state index contributed by atoms with van der Waals surface area (Å²) in [5, 5.41) is 8.44. The molecule has 1 aliphatic rings. The Morgan fingerprint density at radius 3 is 2.37 bits per heavy atom. The lowest BCUT2D eigenvalue weighted by Gasteiger charge is -2.36. The zero-order chi connectivity index (χ0) is 19.4. The first-order valence-electron chi connectivity index (χ1n) is 10.1. The number of likely N-dealkylation sites (N-methyl/N-ethyl adjacent to an activating group) is 1. The summed E-state index contributed by atoms with van der Waals surface area (Å²) in [6, 6.07) is 7.08. The van der Waals surface area contributed by atoms with Gasteiger partial charge >= 0.3 is 0 Å². The fourth-order valence-corrected chi connectivity index (χ4v) is 3.54. The first-order valence-corrected chi connectivity index (χ1v) is 10.1. The number of hydrogen-bond acceptors (Lipinski definition) is 4. The monoisotopic (exact) mass is 373 g/mol. The van der Waals surface area contributed by atoms with Crippen LogP contribution in [0.2, 0.25) is 0 Å². The van der Waals surface area contributed by atoms with Crippen molar-refractivity contribution in [3.8, 4) is 5.69 Å². The van der Waals surface area contributed by atoms with Crippen LogP contribution in [0.3, 0.4) is 0 Å². The number of nitrogens with zero attached hydrogens (tertiary/aromatic N) is 4. The van der Waals surface area contributed by atoms with Gasteiger partial charge in [-0.2, -0.15) is 5.10 Å². The van der Waals surface area contributed by atoms with Crippen molar-refractivity contribution in [3.05, 3.63) is 41.3 Å². The van der Waals surface area contributed by atoms with Crippen LogP contribution in [-0.4, -0.2) is 53.4 Å². The molecule has 1 aromatic heterocycles. The third kappa shape index (κ3) is 4.50. The number of piperazine rings is 1. The predicted molar refractivity (Wildman–Crippen MR) is 109 cm³/mol. The van der Waals surface area contributed by atoms with Gasteiger partial charge in [0.25, 0.3) is 0 Å². The number of nitrogens with one attached hydrogen (secondary N) is 1. The average molecular weight is 374 g/mol. The number of benzene rings is 1. The molecular weight excluding hydrogens is 341 g/mol. The number of rotatable bonds is 7. The van der Waals surface area contributed by atoms with Gasteiger partial charge in [-0.25, -0.2) is 9.07 Å². The number of halogens is 1. The Labute approximate surface area is 162 Å². The third-order valence-electron chi connectivity index (χ3n) is 5.59. The Morgan fingerprint density at radius 1 is 1.11 bits per heavy atom. The fourth-order valence-electron chi connectivity index (χ4n) is 3.54. The normalized spacial score (nSPS) is 16.7. The maximum absolute atomic E-state index is 13.4. The minimum atomic E-state index is -0.223. The summed E-state index contributed by atoms with van der Waals surface area (Å²) in [6.07, 6.45) is 1.09. The second-order valence-corrected chi connectivity index (χ2v) is 7.39. The largest absolute Gasteiger partial charge is 0.354 e. The van der Waals surface area contributed by atoms with Crippen LogP contribution < -0.4 is 10.2 Å². The fraction of sp³-hybridized carbons (Fsp3) is 0.571. The Hall–Kier alpha value is -1.92. The van der Waals surface area contributed by atoms with Crippen molar-refractivity contribution in [1.29, 1.82) is 0 Å². The Bertz CT molecular complexity index is 732. The van der Waals surface area contributed by atoms with E-state index in [2.05, 4.69) is 42.8 Å². The lowest BCUT2D eigenvalue weighted by atomic mass is 10.1. The van der Waals surface area contributed by atoms with Crippen LogP contribution in [-0.2, 0) is 6.54 Å². The summed E-state index contributed by atoms with van der Waals surface area (Å²) >= 11 is 0. The highest BCUT2D eigenvalue weighted by atomic mass is 19.1. The van der Waals surface area contributed by atoms with E-state index in [1.165, 1.54) is 17.7 Å². The molecule has 0 bridgehead atoms. The number of aryl methyl sites for hydroxylation is 1. The number of hydrogen-bond donors (Lipinski definition) is 1. The van der Waals surface area contributed by atoms with Gasteiger partial charge in [0.05, 0.1) is 11.4 Å². The van der Waals surface area contributed by atoms with Gasteiger partial charge in [-0.05, 0) is 51.1 Å². The Kier molecular flexibility index (Phi) is 6.50. The van der Waals surface area contributed by atoms with Crippen LogP contribution in [0, 0.1) is 12.7 Å². The van der Waals surface area contributed by atoms with Gasteiger partial charge in [0.15, 0.2) is 0 Å². The first kappa shape index (κ1) is 19.8. The standard InChI is InChI=1S/C21H32FN5/c1-5-16(3)23-15-20-17(4)24-27(19-9-7-18(22)8-10-19)21(20)26-13-11-25(6-2)12-14-26/h7-10,16,23H,5-6,11-15H2,1-4H3. The van der Waals surface area contributed by atoms with E-state index in [4.69, 9.17) is 5.10 Å². The lowest BCUT2D eigenvalue weighted by Crippen LogP contribution is -2.47. The van der Waals surface area contributed by atoms with Gasteiger partial charge in [0, 0.05) is 44.3 Å². The van der Waals surface area contributed by atoms with Crippen LogP contribution >= 0.6 is 0 Å². The molecule has 1 N–H and O–H groups in total. The molecule has 1 aliphatic heterocycles. The molecule has 1 saturated heterocycles. The first-order chi connectivity index (χ1) is 13.0. The van der Waals surface area contributed by atoms with Gasteiger partial charge in [-0.3, -0.25) is 0 Å². The lowest BCUT2D eigenvalue weighted by molar-refractivity contribution is 0.270. The molecule has 2 aromatic rings. The summed E-state index contributed by atoms with van der Waals surface area (Å²) < 4.78 is 15.4. The van der Waals surface area contributed by atoms with Crippen LogP contribution in [0.25, 0.3) is 5.69 Å². The molecule has 2 heterocycles. The van der Waals surface area contributed by atoms with Gasteiger partial charge < -0.3 is 15.1 Å². The van der Waals surface area contributed by atoms with E-state index in [-0.39, 0.29) is 5.82 Å². The third-order valence-corrected chi connectivity index (χ3v) is 5.59. The van der Waals surface area contributed by atoms with Crippen molar-refractivity contribution in [2.24, 2.45) is 0 Å². The molecule has 1 atom stereocenters. The highest BCUT2D eigenvalue weighted by Gasteiger charge is 2.25. The van der Waals surface area contributed by atoms with Crippen LogP contribution in [0.1, 0.15) is 38.4 Å². The Morgan fingerprint density at radius 2 is 1.78 bits per heavy atom. The summed E-state index contributed by atoms with van der Waals surface area (Å²) in [7, 11) is 0. The van der Waals surface area contributed by atoms with Crippen LogP contribution in [0.5, 0.6) is 0 Å². The van der Waals surface area contributed by atoms with Crippen molar-refractivity contribution in [2.75, 3.05) is 37.6 Å². The van der Waals surface area contributed by atoms with Crippen molar-refractivity contribution < 1.29 is 4.39 Å². The van der Waals surface area contributed by atoms with Crippen molar-refractivity contribution in [1.82, 2.24) is 20.0 Å². The van der Waals surface area contributed by atoms with Crippen molar-refractivity contribution in [3.63, 3.8) is 0 Å². The molecule has 0 aliphatic carbocycles. The molecule has 0 radical (unpaired) electrons. The van der Waals surface area contributed by atoms with E-state index in [1.54, 1.807) is 12.1 Å². The minimum absolute atomic E-state index is 0.223. The van der Waals surface area contributed by atoms with E-state index < -0.39 is 0 Å². The molecule has 27 heavy (non-hydrogen) atoms. The number of anilines is 1. The molecule has 3 rings (SSSR count). The zero-order valence-electron chi connectivity index (χ0n) is 17.0. The minimum Gasteiger partial charge on any atom is -0.354 e. The Balaban J connectivity index is 1.96. The van der Waals surface area contributed by atoms with E-state index >= 15 is 0 Å².